The minimum absolute atomic E-state index is 0.0796. The maximum absolute atomic E-state index is 5.66. The van der Waals surface area contributed by atoms with Gasteiger partial charge in [-0.3, -0.25) is 0 Å². The van der Waals surface area contributed by atoms with Gasteiger partial charge < -0.3 is 0 Å². The van der Waals surface area contributed by atoms with E-state index < -0.39 is 14.7 Å². The Labute approximate surface area is 75.5 Å². The molecule has 10 heavy (non-hydrogen) atoms. The number of halogens is 2. The molecule has 0 aliphatic rings. The van der Waals surface area contributed by atoms with Crippen LogP contribution in [-0.2, 0) is 14.7 Å². The average Bonchev–Trinajstić information content (AvgIpc) is 1.58. The third-order valence-corrected chi connectivity index (χ3v) is 3.39. The Morgan fingerprint density at radius 1 is 1.40 bits per heavy atom. The summed E-state index contributed by atoms with van der Waals surface area (Å²) in [5.74, 6) is 0. The van der Waals surface area contributed by atoms with Gasteiger partial charge in [0.2, 0.25) is 0 Å². The van der Waals surface area contributed by atoms with Crippen LogP contribution in [0.15, 0.2) is 0 Å². The van der Waals surface area contributed by atoms with E-state index in [0.717, 1.165) is 11.3 Å². The molecule has 0 bridgehead atoms. The topological polar surface area (TPSA) is 52.0 Å². The van der Waals surface area contributed by atoms with E-state index in [4.69, 9.17) is 30.5 Å². The van der Waals surface area contributed by atoms with Gasteiger partial charge in [0.05, 0.1) is 0 Å². The van der Waals surface area contributed by atoms with E-state index >= 15 is 0 Å². The van der Waals surface area contributed by atoms with Gasteiger partial charge in [-0.1, -0.05) is 0 Å². The Kier molecular flexibility index (Phi) is 6.44. The third-order valence-electron chi connectivity index (χ3n) is 0.938. The number of hydrogen-bond donors (Lipinski definition) is 2. The van der Waals surface area contributed by atoms with Crippen LogP contribution in [0, 0.1) is 0 Å². The van der Waals surface area contributed by atoms with E-state index in [0.29, 0.717) is 0 Å². The molecule has 0 aliphatic heterocycles. The zero-order valence-corrected chi connectivity index (χ0v) is 8.86. The van der Waals surface area contributed by atoms with Crippen LogP contribution >= 0.6 is 19.1 Å². The van der Waals surface area contributed by atoms with Crippen molar-refractivity contribution in [2.45, 2.75) is 30.3 Å². The molecular weight excluding hydrogens is 265 g/mol. The van der Waals surface area contributed by atoms with Gasteiger partial charge in [0.25, 0.3) is 0 Å². The average molecular weight is 278 g/mol. The Morgan fingerprint density at radius 2 is 1.90 bits per heavy atom. The van der Waals surface area contributed by atoms with Crippen molar-refractivity contribution in [2.75, 3.05) is 0 Å². The van der Waals surface area contributed by atoms with Crippen LogP contribution < -0.4 is 11.5 Å². The summed E-state index contributed by atoms with van der Waals surface area (Å²) in [6.45, 7) is 1.93. The molecule has 4 N–H and O–H groups in total. The predicted molar refractivity (Wildman–Crippen MR) is 42.8 cm³/mol. The molecule has 0 aromatic heterocycles. The molecule has 0 aromatic rings. The van der Waals surface area contributed by atoms with Crippen molar-refractivity contribution >= 4 is 19.1 Å². The second-order valence-corrected chi connectivity index (χ2v) is 8.14. The van der Waals surface area contributed by atoms with Crippen LogP contribution in [0.4, 0.5) is 0 Å². The Bertz CT molecular complexity index is 79.7. The monoisotopic (exact) mass is 277 g/mol. The van der Waals surface area contributed by atoms with E-state index in [-0.39, 0.29) is 12.1 Å². The number of nitrogens with two attached hydrogens (primary N) is 2. The number of hydrogen-bond acceptors (Lipinski definition) is 2. The van der Waals surface area contributed by atoms with E-state index in [9.17, 15) is 0 Å². The van der Waals surface area contributed by atoms with Gasteiger partial charge in [-0.25, -0.2) is 0 Å². The van der Waals surface area contributed by atoms with Crippen LogP contribution in [0.5, 0.6) is 0 Å². The van der Waals surface area contributed by atoms with Crippen molar-refractivity contribution in [2.24, 2.45) is 11.5 Å². The second-order valence-electron chi connectivity index (χ2n) is 2.32. The van der Waals surface area contributed by atoms with Crippen LogP contribution in [0.2, 0.25) is 4.89 Å². The standard InChI is InChI=1S/C5H13N2.2ClH.Pd/c1-4(6)3-5(2)7;;;/h4-5H,1,3,6-7H2,2H3;2*1H;/q;;;+2/p-2. The molecule has 0 saturated carbocycles. The minimum atomic E-state index is -1.34. The summed E-state index contributed by atoms with van der Waals surface area (Å²) in [7, 11) is 11.2. The van der Waals surface area contributed by atoms with Gasteiger partial charge in [-0.15, -0.1) is 0 Å². The van der Waals surface area contributed by atoms with Crippen LogP contribution in [0.25, 0.3) is 0 Å². The molecule has 2 unspecified atom stereocenters. The molecule has 0 rings (SSSR count). The molecule has 0 aromatic carbocycles. The maximum atomic E-state index is 5.66. The quantitative estimate of drug-likeness (QED) is 0.764. The summed E-state index contributed by atoms with van der Waals surface area (Å²) in [5.41, 5.74) is 11.2. The van der Waals surface area contributed by atoms with Crippen molar-refractivity contribution in [3.8, 4) is 0 Å². The van der Waals surface area contributed by atoms with Crippen molar-refractivity contribution in [1.82, 2.24) is 0 Å². The van der Waals surface area contributed by atoms with Crippen molar-refractivity contribution < 1.29 is 14.7 Å². The third kappa shape index (κ3) is 7.27. The van der Waals surface area contributed by atoms with Gasteiger partial charge >= 0.3 is 75.6 Å². The predicted octanol–water partition coefficient (Wildman–Crippen LogP) is 1.40. The summed E-state index contributed by atoms with van der Waals surface area (Å²) in [6.07, 6.45) is 0.803. The van der Waals surface area contributed by atoms with Gasteiger partial charge in [-0.05, 0) is 0 Å². The number of rotatable bonds is 4. The molecule has 0 spiro atoms. The summed E-state index contributed by atoms with van der Waals surface area (Å²) in [6, 6.07) is 0.225. The summed E-state index contributed by atoms with van der Waals surface area (Å²) in [5, 5.41) is 0. The van der Waals surface area contributed by atoms with Gasteiger partial charge in [-0.2, -0.15) is 0 Å². The molecule has 0 radical (unpaired) electrons. The van der Waals surface area contributed by atoms with E-state index in [2.05, 4.69) is 0 Å². The summed E-state index contributed by atoms with van der Waals surface area (Å²) < 4.78 is 0. The van der Waals surface area contributed by atoms with Crippen LogP contribution in [-0.4, -0.2) is 12.1 Å². The van der Waals surface area contributed by atoms with E-state index in [1.807, 2.05) is 6.92 Å². The summed E-state index contributed by atoms with van der Waals surface area (Å²) >= 11 is -1.34. The van der Waals surface area contributed by atoms with Crippen LogP contribution in [0.3, 0.4) is 0 Å². The first kappa shape index (κ1) is 11.2. The molecule has 0 amide bonds. The van der Waals surface area contributed by atoms with Crippen molar-refractivity contribution in [3.63, 3.8) is 0 Å². The fourth-order valence-electron chi connectivity index (χ4n) is 0.656. The fraction of sp³-hybridized carbons (Fsp3) is 1.00. The summed E-state index contributed by atoms with van der Waals surface area (Å²) in [4.78, 5) is 0.732. The fourth-order valence-corrected chi connectivity index (χ4v) is 3.01. The zero-order chi connectivity index (χ0) is 8.15. The first-order chi connectivity index (χ1) is 4.52. The van der Waals surface area contributed by atoms with Crippen LogP contribution in [0.1, 0.15) is 13.3 Å². The van der Waals surface area contributed by atoms with Gasteiger partial charge in [0.15, 0.2) is 0 Å². The van der Waals surface area contributed by atoms with Gasteiger partial charge in [0, 0.05) is 0 Å². The molecular formula is C5H13Cl2N2Pd. The second kappa shape index (κ2) is 5.77. The first-order valence-electron chi connectivity index (χ1n) is 2.93. The Hall–Kier alpha value is 1.16. The van der Waals surface area contributed by atoms with Crippen molar-refractivity contribution in [3.05, 3.63) is 0 Å². The molecule has 0 saturated heterocycles. The molecule has 67 valence electrons. The zero-order valence-electron chi connectivity index (χ0n) is 5.80. The first-order valence-corrected chi connectivity index (χ1v) is 8.03. The van der Waals surface area contributed by atoms with Gasteiger partial charge in [0.1, 0.15) is 0 Å². The van der Waals surface area contributed by atoms with E-state index in [1.54, 1.807) is 0 Å². The SMILES string of the molecule is CC(N)CC(N)[CH2][Pd]([Cl])[Cl]. The molecule has 0 heterocycles. The molecule has 2 nitrogen and oxygen atoms in total. The molecule has 0 aliphatic carbocycles. The molecule has 2 atom stereocenters. The van der Waals surface area contributed by atoms with E-state index in [1.165, 1.54) is 0 Å². The molecule has 5 heteroatoms. The Balaban J connectivity index is 3.34. The normalized spacial score (nSPS) is 18.3. The molecule has 0 fully saturated rings. The Morgan fingerprint density at radius 3 is 2.20 bits per heavy atom. The van der Waals surface area contributed by atoms with Crippen molar-refractivity contribution in [1.29, 1.82) is 0 Å².